The molecule has 0 spiro atoms. The molecule has 1 aromatic rings. The largest absolute Gasteiger partial charge is 0.481 e. The molecule has 1 aliphatic rings. The van der Waals surface area contributed by atoms with Gasteiger partial charge >= 0.3 is 5.97 Å². The van der Waals surface area contributed by atoms with Crippen molar-refractivity contribution in [1.82, 2.24) is 4.90 Å². The van der Waals surface area contributed by atoms with Crippen LogP contribution in [0.5, 0.6) is 0 Å². The van der Waals surface area contributed by atoms with Crippen molar-refractivity contribution in [3.63, 3.8) is 0 Å². The lowest BCUT2D eigenvalue weighted by Gasteiger charge is -2.20. The number of carboxylic acids is 1. The number of benzene rings is 1. The number of carbonyl (C=O) groups is 2. The predicted molar refractivity (Wildman–Crippen MR) is 62.7 cm³/mol. The molecule has 18 heavy (non-hydrogen) atoms. The van der Waals surface area contributed by atoms with Crippen LogP contribution in [-0.2, 0) is 4.79 Å². The third kappa shape index (κ3) is 2.20. The Bertz CT molecular complexity index is 486. The van der Waals surface area contributed by atoms with Crippen LogP contribution in [0.1, 0.15) is 23.7 Å². The van der Waals surface area contributed by atoms with Gasteiger partial charge in [-0.15, -0.1) is 0 Å². The van der Waals surface area contributed by atoms with Crippen LogP contribution in [0.3, 0.4) is 0 Å². The van der Waals surface area contributed by atoms with Crippen LogP contribution in [0.15, 0.2) is 24.3 Å². The van der Waals surface area contributed by atoms with Crippen LogP contribution < -0.4 is 0 Å². The molecule has 0 saturated carbocycles. The zero-order valence-corrected chi connectivity index (χ0v) is 10.0. The normalized spacial score (nSPS) is 23.1. The van der Waals surface area contributed by atoms with Gasteiger partial charge in [0, 0.05) is 18.7 Å². The van der Waals surface area contributed by atoms with Gasteiger partial charge in [0.05, 0.1) is 5.41 Å². The van der Waals surface area contributed by atoms with E-state index in [-0.39, 0.29) is 12.5 Å². The van der Waals surface area contributed by atoms with Crippen LogP contribution in [-0.4, -0.2) is 35.0 Å². The van der Waals surface area contributed by atoms with Crippen LogP contribution in [0.4, 0.5) is 4.39 Å². The van der Waals surface area contributed by atoms with E-state index >= 15 is 0 Å². The first-order chi connectivity index (χ1) is 8.42. The highest BCUT2D eigenvalue weighted by Gasteiger charge is 2.42. The van der Waals surface area contributed by atoms with E-state index in [0.717, 1.165) is 0 Å². The van der Waals surface area contributed by atoms with Crippen molar-refractivity contribution >= 4 is 11.9 Å². The number of carbonyl (C=O) groups excluding carboxylic acids is 1. The average Bonchev–Trinajstić information content (AvgIpc) is 2.73. The summed E-state index contributed by atoms with van der Waals surface area (Å²) in [4.78, 5) is 24.7. The van der Waals surface area contributed by atoms with E-state index in [0.29, 0.717) is 18.5 Å². The molecule has 4 nitrogen and oxygen atoms in total. The molecule has 1 N–H and O–H groups in total. The summed E-state index contributed by atoms with van der Waals surface area (Å²) in [7, 11) is 0. The molecule has 1 amide bonds. The molecule has 0 bridgehead atoms. The summed E-state index contributed by atoms with van der Waals surface area (Å²) in [5.74, 6) is -1.54. The summed E-state index contributed by atoms with van der Waals surface area (Å²) < 4.78 is 12.8. The number of amides is 1. The lowest BCUT2D eigenvalue weighted by molar-refractivity contribution is -0.147. The lowest BCUT2D eigenvalue weighted by Crippen LogP contribution is -2.34. The lowest BCUT2D eigenvalue weighted by atomic mass is 9.90. The molecule has 1 saturated heterocycles. The quantitative estimate of drug-likeness (QED) is 0.871. The van der Waals surface area contributed by atoms with Crippen molar-refractivity contribution in [2.45, 2.75) is 13.3 Å². The molecule has 96 valence electrons. The van der Waals surface area contributed by atoms with E-state index in [9.17, 15) is 14.0 Å². The monoisotopic (exact) mass is 251 g/mol. The number of halogens is 1. The molecule has 1 aromatic carbocycles. The predicted octanol–water partition coefficient (Wildman–Crippen LogP) is 1.76. The van der Waals surface area contributed by atoms with Gasteiger partial charge in [-0.3, -0.25) is 9.59 Å². The highest BCUT2D eigenvalue weighted by molar-refractivity contribution is 5.95. The van der Waals surface area contributed by atoms with E-state index < -0.39 is 17.2 Å². The Morgan fingerprint density at radius 1 is 1.33 bits per heavy atom. The van der Waals surface area contributed by atoms with Gasteiger partial charge < -0.3 is 10.0 Å². The molecule has 1 fully saturated rings. The van der Waals surface area contributed by atoms with Crippen LogP contribution >= 0.6 is 0 Å². The summed E-state index contributed by atoms with van der Waals surface area (Å²) in [5, 5.41) is 9.09. The van der Waals surface area contributed by atoms with E-state index in [1.807, 2.05) is 0 Å². The van der Waals surface area contributed by atoms with E-state index in [2.05, 4.69) is 0 Å². The van der Waals surface area contributed by atoms with E-state index in [4.69, 9.17) is 5.11 Å². The fourth-order valence-corrected chi connectivity index (χ4v) is 2.08. The maximum Gasteiger partial charge on any atom is 0.311 e. The molecular weight excluding hydrogens is 237 g/mol. The molecule has 2 rings (SSSR count). The van der Waals surface area contributed by atoms with Gasteiger partial charge in [-0.25, -0.2) is 4.39 Å². The standard InChI is InChI=1S/C13H14FNO3/c1-13(12(17)18)6-7-15(8-13)11(16)9-2-4-10(14)5-3-9/h2-5H,6-8H2,1H3,(H,17,18). The number of likely N-dealkylation sites (tertiary alicyclic amines) is 1. The first-order valence-electron chi connectivity index (χ1n) is 5.71. The SMILES string of the molecule is CC1(C(=O)O)CCN(C(=O)c2ccc(F)cc2)C1. The van der Waals surface area contributed by atoms with Crippen LogP contribution in [0.25, 0.3) is 0 Å². The van der Waals surface area contributed by atoms with Gasteiger partial charge in [-0.1, -0.05) is 0 Å². The summed E-state index contributed by atoms with van der Waals surface area (Å²) >= 11 is 0. The van der Waals surface area contributed by atoms with Crippen molar-refractivity contribution in [3.8, 4) is 0 Å². The van der Waals surface area contributed by atoms with Crippen molar-refractivity contribution in [2.75, 3.05) is 13.1 Å². The molecule has 1 unspecified atom stereocenters. The summed E-state index contributed by atoms with van der Waals surface area (Å²) in [5.41, 5.74) is -0.499. The smallest absolute Gasteiger partial charge is 0.311 e. The maximum atomic E-state index is 12.8. The van der Waals surface area contributed by atoms with E-state index in [1.165, 1.54) is 29.2 Å². The summed E-state index contributed by atoms with van der Waals surface area (Å²) in [6.07, 6.45) is 0.440. The Balaban J connectivity index is 2.12. The Labute approximate surface area is 104 Å². The Morgan fingerprint density at radius 3 is 2.44 bits per heavy atom. The minimum atomic E-state index is -0.892. The zero-order chi connectivity index (χ0) is 13.3. The highest BCUT2D eigenvalue weighted by Crippen LogP contribution is 2.30. The van der Waals surface area contributed by atoms with Gasteiger partial charge in [-0.05, 0) is 37.6 Å². The zero-order valence-electron chi connectivity index (χ0n) is 10.0. The number of hydrogen-bond donors (Lipinski definition) is 1. The molecule has 0 aromatic heterocycles. The fourth-order valence-electron chi connectivity index (χ4n) is 2.08. The highest BCUT2D eigenvalue weighted by atomic mass is 19.1. The average molecular weight is 251 g/mol. The second-order valence-corrected chi connectivity index (χ2v) is 4.85. The summed E-state index contributed by atoms with van der Waals surface area (Å²) in [6, 6.07) is 5.27. The van der Waals surface area contributed by atoms with Crippen LogP contribution in [0, 0.1) is 11.2 Å². The van der Waals surface area contributed by atoms with Gasteiger partial charge in [0.15, 0.2) is 0 Å². The topological polar surface area (TPSA) is 57.6 Å². The van der Waals surface area contributed by atoms with Crippen molar-refractivity contribution in [3.05, 3.63) is 35.6 Å². The van der Waals surface area contributed by atoms with Gasteiger partial charge in [0.2, 0.25) is 0 Å². The minimum Gasteiger partial charge on any atom is -0.481 e. The van der Waals surface area contributed by atoms with Crippen LogP contribution in [0.2, 0.25) is 0 Å². The van der Waals surface area contributed by atoms with Gasteiger partial charge in [0.1, 0.15) is 5.82 Å². The third-order valence-electron chi connectivity index (χ3n) is 3.37. The molecule has 5 heteroatoms. The fraction of sp³-hybridized carbons (Fsp3) is 0.385. The molecule has 1 heterocycles. The molecule has 1 aliphatic heterocycles. The molecule has 1 atom stereocenters. The van der Waals surface area contributed by atoms with Gasteiger partial charge in [0.25, 0.3) is 5.91 Å². The first kappa shape index (κ1) is 12.5. The maximum absolute atomic E-state index is 12.8. The van der Waals surface area contributed by atoms with E-state index in [1.54, 1.807) is 6.92 Å². The number of carboxylic acid groups (broad SMARTS) is 1. The van der Waals surface area contributed by atoms with Crippen molar-refractivity contribution < 1.29 is 19.1 Å². The Hall–Kier alpha value is -1.91. The number of rotatable bonds is 2. The Kier molecular flexibility index (Phi) is 3.07. The third-order valence-corrected chi connectivity index (χ3v) is 3.37. The van der Waals surface area contributed by atoms with Crippen molar-refractivity contribution in [2.24, 2.45) is 5.41 Å². The second kappa shape index (κ2) is 4.40. The first-order valence-corrected chi connectivity index (χ1v) is 5.71. The molecule has 0 radical (unpaired) electrons. The Morgan fingerprint density at radius 2 is 1.94 bits per heavy atom. The number of aliphatic carboxylic acids is 1. The number of nitrogens with zero attached hydrogens (tertiary/aromatic N) is 1. The molecule has 0 aliphatic carbocycles. The van der Waals surface area contributed by atoms with Crippen molar-refractivity contribution in [1.29, 1.82) is 0 Å². The number of hydrogen-bond acceptors (Lipinski definition) is 2. The van der Waals surface area contributed by atoms with Gasteiger partial charge in [-0.2, -0.15) is 0 Å². The minimum absolute atomic E-state index is 0.193. The molecular formula is C13H14FNO3. The summed E-state index contributed by atoms with van der Waals surface area (Å²) in [6.45, 7) is 2.24. The second-order valence-electron chi connectivity index (χ2n) is 4.85.